The number of carboxylic acid groups (broad SMARTS) is 1. The summed E-state index contributed by atoms with van der Waals surface area (Å²) in [6, 6.07) is 9.89. The molecule has 0 fully saturated rings. The Morgan fingerprint density at radius 2 is 1.95 bits per heavy atom. The number of hydrogen-bond donors (Lipinski definition) is 2. The van der Waals surface area contributed by atoms with E-state index in [0.29, 0.717) is 5.56 Å². The summed E-state index contributed by atoms with van der Waals surface area (Å²) in [5.74, 6) is -0.765. The van der Waals surface area contributed by atoms with E-state index in [1.54, 1.807) is 24.3 Å². The molecule has 0 aliphatic carbocycles. The Morgan fingerprint density at radius 3 is 2.62 bits per heavy atom. The Morgan fingerprint density at radius 1 is 1.24 bits per heavy atom. The molecule has 2 rings (SSSR count). The summed E-state index contributed by atoms with van der Waals surface area (Å²) in [4.78, 5) is 25.1. The van der Waals surface area contributed by atoms with Crippen molar-refractivity contribution < 1.29 is 14.8 Å². The fourth-order valence-corrected chi connectivity index (χ4v) is 1.92. The van der Waals surface area contributed by atoms with Gasteiger partial charge in [-0.25, -0.2) is 4.98 Å². The van der Waals surface area contributed by atoms with Gasteiger partial charge in [-0.1, -0.05) is 24.3 Å². The van der Waals surface area contributed by atoms with Crippen LogP contribution in [-0.2, 0) is 17.8 Å². The number of nitrogens with zero attached hydrogens (tertiary/aromatic N) is 2. The highest BCUT2D eigenvalue weighted by molar-refractivity contribution is 5.70. The van der Waals surface area contributed by atoms with E-state index in [2.05, 4.69) is 10.3 Å². The average molecular weight is 287 g/mol. The molecule has 0 unspecified atom stereocenters. The molecule has 0 saturated heterocycles. The topological polar surface area (TPSA) is 105 Å². The van der Waals surface area contributed by atoms with E-state index in [1.165, 1.54) is 18.3 Å². The van der Waals surface area contributed by atoms with Crippen LogP contribution in [0.2, 0.25) is 0 Å². The molecule has 0 amide bonds. The molecule has 108 valence electrons. The third kappa shape index (κ3) is 3.75. The minimum Gasteiger partial charge on any atom is -0.481 e. The van der Waals surface area contributed by atoms with E-state index in [4.69, 9.17) is 5.11 Å². The normalized spacial score (nSPS) is 10.1. The minimum absolute atomic E-state index is 0.0951. The fourth-order valence-electron chi connectivity index (χ4n) is 1.92. The first-order chi connectivity index (χ1) is 10.1. The lowest BCUT2D eigenvalue weighted by Gasteiger charge is -2.09. The number of rotatable bonds is 6. The summed E-state index contributed by atoms with van der Waals surface area (Å²) >= 11 is 0. The maximum Gasteiger partial charge on any atom is 0.311 e. The number of carboxylic acids is 1. The summed E-state index contributed by atoms with van der Waals surface area (Å²) < 4.78 is 0. The van der Waals surface area contributed by atoms with Crippen LogP contribution in [-0.4, -0.2) is 21.0 Å². The average Bonchev–Trinajstić information content (AvgIpc) is 2.46. The van der Waals surface area contributed by atoms with E-state index in [0.717, 1.165) is 5.56 Å². The van der Waals surface area contributed by atoms with Gasteiger partial charge in [-0.2, -0.15) is 0 Å². The van der Waals surface area contributed by atoms with Gasteiger partial charge in [0.25, 0.3) is 0 Å². The molecule has 0 aliphatic rings. The number of hydrogen-bond acceptors (Lipinski definition) is 5. The van der Waals surface area contributed by atoms with Gasteiger partial charge in [-0.05, 0) is 17.2 Å². The molecule has 7 heteroatoms. The third-order valence-corrected chi connectivity index (χ3v) is 2.89. The van der Waals surface area contributed by atoms with Gasteiger partial charge in [0, 0.05) is 18.8 Å². The van der Waals surface area contributed by atoms with Gasteiger partial charge in [-0.15, -0.1) is 0 Å². The predicted octanol–water partition coefficient (Wildman–Crippen LogP) is 2.23. The Bertz CT molecular complexity index is 673. The van der Waals surface area contributed by atoms with Crippen molar-refractivity contribution in [3.8, 4) is 0 Å². The first-order valence-corrected chi connectivity index (χ1v) is 6.20. The molecule has 0 aliphatic heterocycles. The van der Waals surface area contributed by atoms with Crippen molar-refractivity contribution in [2.45, 2.75) is 13.0 Å². The van der Waals surface area contributed by atoms with Gasteiger partial charge in [0.05, 0.1) is 11.3 Å². The molecule has 0 atom stereocenters. The maximum atomic E-state index is 10.9. The SMILES string of the molecule is O=C(O)Cc1ccccc1CNc1ncccc1[N+](=O)[O-]. The summed E-state index contributed by atoms with van der Waals surface area (Å²) in [7, 11) is 0. The molecule has 2 aromatic rings. The van der Waals surface area contributed by atoms with Crippen LogP contribution < -0.4 is 5.32 Å². The van der Waals surface area contributed by atoms with E-state index < -0.39 is 10.9 Å². The zero-order valence-electron chi connectivity index (χ0n) is 11.0. The first-order valence-electron chi connectivity index (χ1n) is 6.20. The van der Waals surface area contributed by atoms with Crippen molar-refractivity contribution in [3.05, 3.63) is 63.8 Å². The zero-order valence-corrected chi connectivity index (χ0v) is 11.0. The van der Waals surface area contributed by atoms with Crippen molar-refractivity contribution in [2.24, 2.45) is 0 Å². The molecule has 1 heterocycles. The second-order valence-electron chi connectivity index (χ2n) is 4.32. The van der Waals surface area contributed by atoms with E-state index in [-0.39, 0.29) is 24.5 Å². The summed E-state index contributed by atoms with van der Waals surface area (Å²) in [6.07, 6.45) is 1.36. The molecule has 1 aromatic heterocycles. The summed E-state index contributed by atoms with van der Waals surface area (Å²) in [6.45, 7) is 0.265. The van der Waals surface area contributed by atoms with Crippen molar-refractivity contribution in [3.63, 3.8) is 0 Å². The van der Waals surface area contributed by atoms with Crippen LogP contribution >= 0.6 is 0 Å². The molecule has 2 N–H and O–H groups in total. The molecular formula is C14H13N3O4. The molecular weight excluding hydrogens is 274 g/mol. The van der Waals surface area contributed by atoms with Crippen LogP contribution in [0.25, 0.3) is 0 Å². The Hall–Kier alpha value is -2.96. The molecule has 1 aromatic carbocycles. The maximum absolute atomic E-state index is 10.9. The van der Waals surface area contributed by atoms with Crippen molar-refractivity contribution >= 4 is 17.5 Å². The lowest BCUT2D eigenvalue weighted by molar-refractivity contribution is -0.384. The minimum atomic E-state index is -0.925. The molecule has 0 spiro atoms. The number of nitro groups is 1. The van der Waals surface area contributed by atoms with Crippen LogP contribution in [0.15, 0.2) is 42.6 Å². The Kier molecular flexibility index (Phi) is 4.45. The van der Waals surface area contributed by atoms with Gasteiger partial charge in [-0.3, -0.25) is 14.9 Å². The Labute approximate surface area is 120 Å². The van der Waals surface area contributed by atoms with Gasteiger partial charge < -0.3 is 10.4 Å². The fraction of sp³-hybridized carbons (Fsp3) is 0.143. The first kappa shape index (κ1) is 14.4. The van der Waals surface area contributed by atoms with Crippen LogP contribution in [0.5, 0.6) is 0 Å². The third-order valence-electron chi connectivity index (χ3n) is 2.89. The molecule has 21 heavy (non-hydrogen) atoms. The highest BCUT2D eigenvalue weighted by Gasteiger charge is 2.14. The number of pyridine rings is 1. The van der Waals surface area contributed by atoms with Gasteiger partial charge in [0.15, 0.2) is 0 Å². The lowest BCUT2D eigenvalue weighted by atomic mass is 10.0. The van der Waals surface area contributed by atoms with Crippen molar-refractivity contribution in [2.75, 3.05) is 5.32 Å². The zero-order chi connectivity index (χ0) is 15.2. The van der Waals surface area contributed by atoms with Crippen molar-refractivity contribution in [1.82, 2.24) is 4.98 Å². The molecule has 0 radical (unpaired) electrons. The number of aromatic nitrogens is 1. The van der Waals surface area contributed by atoms with Gasteiger partial charge >= 0.3 is 11.7 Å². The predicted molar refractivity (Wildman–Crippen MR) is 76.0 cm³/mol. The molecule has 0 bridgehead atoms. The van der Waals surface area contributed by atoms with E-state index in [9.17, 15) is 14.9 Å². The number of carbonyl (C=O) groups is 1. The highest BCUT2D eigenvalue weighted by atomic mass is 16.6. The number of nitrogens with one attached hydrogen (secondary N) is 1. The highest BCUT2D eigenvalue weighted by Crippen LogP contribution is 2.21. The second kappa shape index (κ2) is 6.47. The molecule has 7 nitrogen and oxygen atoms in total. The van der Waals surface area contributed by atoms with Crippen LogP contribution in [0.4, 0.5) is 11.5 Å². The van der Waals surface area contributed by atoms with Crippen molar-refractivity contribution in [1.29, 1.82) is 0 Å². The standard InChI is InChI=1S/C14H13N3O4/c18-13(19)8-10-4-1-2-5-11(10)9-16-14-12(17(20)21)6-3-7-15-14/h1-7H,8-9H2,(H,15,16)(H,18,19). The quantitative estimate of drug-likeness (QED) is 0.623. The summed E-state index contributed by atoms with van der Waals surface area (Å²) in [5.41, 5.74) is 1.31. The second-order valence-corrected chi connectivity index (χ2v) is 4.32. The van der Waals surface area contributed by atoms with E-state index >= 15 is 0 Å². The smallest absolute Gasteiger partial charge is 0.311 e. The Balaban J connectivity index is 2.17. The van der Waals surface area contributed by atoms with E-state index in [1.807, 2.05) is 0 Å². The number of aliphatic carboxylic acids is 1. The number of benzene rings is 1. The number of anilines is 1. The van der Waals surface area contributed by atoms with Crippen LogP contribution in [0.3, 0.4) is 0 Å². The van der Waals surface area contributed by atoms with Gasteiger partial charge in [0.2, 0.25) is 5.82 Å². The lowest BCUT2D eigenvalue weighted by Crippen LogP contribution is -2.09. The monoisotopic (exact) mass is 287 g/mol. The largest absolute Gasteiger partial charge is 0.481 e. The summed E-state index contributed by atoms with van der Waals surface area (Å²) in [5, 5.41) is 22.6. The van der Waals surface area contributed by atoms with Crippen LogP contribution in [0.1, 0.15) is 11.1 Å². The van der Waals surface area contributed by atoms with Crippen LogP contribution in [0, 0.1) is 10.1 Å². The van der Waals surface area contributed by atoms with Gasteiger partial charge in [0.1, 0.15) is 0 Å². The molecule has 0 saturated carbocycles.